The summed E-state index contributed by atoms with van der Waals surface area (Å²) < 4.78 is 7.05. The van der Waals surface area contributed by atoms with Crippen LogP contribution in [0.1, 0.15) is 42.5 Å². The van der Waals surface area contributed by atoms with Gasteiger partial charge in [0, 0.05) is 18.5 Å². The first-order chi connectivity index (χ1) is 11.8. The quantitative estimate of drug-likeness (QED) is 0.906. The lowest BCUT2D eigenvalue weighted by Gasteiger charge is -2.30. The molecule has 7 nitrogen and oxygen atoms in total. The van der Waals surface area contributed by atoms with Crippen molar-refractivity contribution < 1.29 is 19.4 Å². The Hall–Kier alpha value is -2.83. The van der Waals surface area contributed by atoms with Crippen molar-refractivity contribution in [3.8, 4) is 5.69 Å². The van der Waals surface area contributed by atoms with Gasteiger partial charge >= 0.3 is 12.1 Å². The lowest BCUT2D eigenvalue weighted by atomic mass is 10.1. The van der Waals surface area contributed by atoms with Crippen molar-refractivity contribution in [3.05, 3.63) is 47.3 Å². The zero-order chi connectivity index (χ0) is 18.2. The van der Waals surface area contributed by atoms with Gasteiger partial charge in [-0.2, -0.15) is 5.10 Å². The summed E-state index contributed by atoms with van der Waals surface area (Å²) >= 11 is 0. The van der Waals surface area contributed by atoms with E-state index < -0.39 is 17.7 Å². The normalized spacial score (nSPS) is 14.1. The van der Waals surface area contributed by atoms with Gasteiger partial charge in [0.1, 0.15) is 5.60 Å². The Morgan fingerprint density at radius 2 is 1.88 bits per heavy atom. The standard InChI is InChI=1S/C18H21N3O4/c1-18(2,3)25-17(24)20-10-9-14-13(11-20)15(16(22)23)19-21(14)12-7-5-4-6-8-12/h4-8H,9-11H2,1-3H3,(H,22,23). The average molecular weight is 343 g/mol. The van der Waals surface area contributed by atoms with Crippen LogP contribution in [0.3, 0.4) is 0 Å². The van der Waals surface area contributed by atoms with Crippen molar-refractivity contribution in [2.75, 3.05) is 6.54 Å². The van der Waals surface area contributed by atoms with Crippen LogP contribution in [-0.4, -0.2) is 44.0 Å². The molecule has 1 aromatic carbocycles. The third-order valence-electron chi connectivity index (χ3n) is 3.91. The SMILES string of the molecule is CC(C)(C)OC(=O)N1CCc2c(c(C(=O)O)nn2-c2ccccc2)C1. The zero-order valence-corrected chi connectivity index (χ0v) is 14.5. The predicted octanol–water partition coefficient (Wildman–Crippen LogP) is 2.86. The summed E-state index contributed by atoms with van der Waals surface area (Å²) in [6.45, 7) is 6.04. The molecule has 1 N–H and O–H groups in total. The van der Waals surface area contributed by atoms with E-state index in [1.807, 2.05) is 30.3 Å². The van der Waals surface area contributed by atoms with Crippen LogP contribution in [0.4, 0.5) is 4.79 Å². The van der Waals surface area contributed by atoms with Crippen LogP contribution in [0.25, 0.3) is 5.69 Å². The highest BCUT2D eigenvalue weighted by Crippen LogP contribution is 2.26. The first-order valence-corrected chi connectivity index (χ1v) is 8.13. The molecule has 0 saturated carbocycles. The van der Waals surface area contributed by atoms with E-state index in [0.717, 1.165) is 11.4 Å². The number of ether oxygens (including phenoxy) is 1. The Bertz CT molecular complexity index is 806. The van der Waals surface area contributed by atoms with Gasteiger partial charge < -0.3 is 14.7 Å². The fourth-order valence-electron chi connectivity index (χ4n) is 2.86. The molecule has 3 rings (SSSR count). The van der Waals surface area contributed by atoms with E-state index in [2.05, 4.69) is 5.10 Å². The van der Waals surface area contributed by atoms with Crippen LogP contribution in [-0.2, 0) is 17.7 Å². The van der Waals surface area contributed by atoms with Gasteiger partial charge in [0.05, 0.1) is 17.9 Å². The molecule has 0 spiro atoms. The number of carbonyl (C=O) groups excluding carboxylic acids is 1. The predicted molar refractivity (Wildman–Crippen MR) is 90.9 cm³/mol. The van der Waals surface area contributed by atoms with E-state index in [9.17, 15) is 14.7 Å². The van der Waals surface area contributed by atoms with Crippen molar-refractivity contribution >= 4 is 12.1 Å². The summed E-state index contributed by atoms with van der Waals surface area (Å²) in [6.07, 6.45) is 0.0750. The van der Waals surface area contributed by atoms with Gasteiger partial charge in [0.2, 0.25) is 0 Å². The number of hydrogen-bond acceptors (Lipinski definition) is 4. The van der Waals surface area contributed by atoms with Gasteiger partial charge in [-0.15, -0.1) is 0 Å². The van der Waals surface area contributed by atoms with E-state index >= 15 is 0 Å². The van der Waals surface area contributed by atoms with Gasteiger partial charge in [-0.1, -0.05) is 18.2 Å². The maximum absolute atomic E-state index is 12.3. The summed E-state index contributed by atoms with van der Waals surface area (Å²) in [6, 6.07) is 9.39. The first-order valence-electron chi connectivity index (χ1n) is 8.13. The van der Waals surface area contributed by atoms with Gasteiger partial charge in [-0.05, 0) is 32.9 Å². The lowest BCUT2D eigenvalue weighted by molar-refractivity contribution is 0.0221. The highest BCUT2D eigenvalue weighted by molar-refractivity contribution is 5.88. The summed E-state index contributed by atoms with van der Waals surface area (Å²) in [7, 11) is 0. The second-order valence-electron chi connectivity index (χ2n) is 6.98. The Kier molecular flexibility index (Phi) is 4.24. The number of para-hydroxylation sites is 1. The van der Waals surface area contributed by atoms with Crippen LogP contribution in [0.5, 0.6) is 0 Å². The molecule has 0 radical (unpaired) electrons. The zero-order valence-electron chi connectivity index (χ0n) is 14.5. The number of carboxylic acids is 1. The van der Waals surface area contributed by atoms with Crippen molar-refractivity contribution in [1.29, 1.82) is 0 Å². The summed E-state index contributed by atoms with van der Waals surface area (Å²) in [4.78, 5) is 25.4. The maximum atomic E-state index is 12.3. The van der Waals surface area contributed by atoms with E-state index in [4.69, 9.17) is 4.74 Å². The van der Waals surface area contributed by atoms with Gasteiger partial charge in [-0.3, -0.25) is 0 Å². The number of fused-ring (bicyclic) bond motifs is 1. The summed E-state index contributed by atoms with van der Waals surface area (Å²) in [5.41, 5.74) is 1.57. The third-order valence-corrected chi connectivity index (χ3v) is 3.91. The fraction of sp³-hybridized carbons (Fsp3) is 0.389. The van der Waals surface area contributed by atoms with Crippen LogP contribution in [0.15, 0.2) is 30.3 Å². The molecule has 0 aliphatic carbocycles. The van der Waals surface area contributed by atoms with Crippen LogP contribution >= 0.6 is 0 Å². The number of rotatable bonds is 2. The van der Waals surface area contributed by atoms with Crippen LogP contribution < -0.4 is 0 Å². The average Bonchev–Trinajstić information content (AvgIpc) is 2.93. The van der Waals surface area contributed by atoms with Gasteiger partial charge in [0.15, 0.2) is 5.69 Å². The van der Waals surface area contributed by atoms with E-state index in [1.165, 1.54) is 4.90 Å². The van der Waals surface area contributed by atoms with Crippen molar-refractivity contribution in [3.63, 3.8) is 0 Å². The number of carboxylic acid groups (broad SMARTS) is 1. The van der Waals surface area contributed by atoms with E-state index in [0.29, 0.717) is 18.5 Å². The summed E-state index contributed by atoms with van der Waals surface area (Å²) in [5, 5.41) is 13.8. The van der Waals surface area contributed by atoms with Gasteiger partial charge in [0.25, 0.3) is 0 Å². The first kappa shape index (κ1) is 17.0. The molecule has 2 heterocycles. The minimum Gasteiger partial charge on any atom is -0.476 e. The minimum absolute atomic E-state index is 0.0212. The largest absolute Gasteiger partial charge is 0.476 e. The topological polar surface area (TPSA) is 84.7 Å². The molecule has 0 fully saturated rings. The second-order valence-corrected chi connectivity index (χ2v) is 6.98. The van der Waals surface area contributed by atoms with E-state index in [-0.39, 0.29) is 12.2 Å². The van der Waals surface area contributed by atoms with Crippen LogP contribution in [0.2, 0.25) is 0 Å². The summed E-state index contributed by atoms with van der Waals surface area (Å²) in [5.74, 6) is -1.10. The van der Waals surface area contributed by atoms with Crippen molar-refractivity contribution in [2.24, 2.45) is 0 Å². The molecule has 0 unspecified atom stereocenters. The lowest BCUT2D eigenvalue weighted by Crippen LogP contribution is -2.40. The van der Waals surface area contributed by atoms with Crippen molar-refractivity contribution in [1.82, 2.24) is 14.7 Å². The second kappa shape index (κ2) is 6.23. The van der Waals surface area contributed by atoms with Crippen LogP contribution in [0, 0.1) is 0 Å². The smallest absolute Gasteiger partial charge is 0.410 e. The molecule has 1 aromatic heterocycles. The molecule has 2 aromatic rings. The Morgan fingerprint density at radius 3 is 2.48 bits per heavy atom. The number of nitrogens with zero attached hydrogens (tertiary/aromatic N) is 3. The van der Waals surface area contributed by atoms with Gasteiger partial charge in [-0.25, -0.2) is 14.3 Å². The number of aromatic nitrogens is 2. The highest BCUT2D eigenvalue weighted by Gasteiger charge is 2.32. The van der Waals surface area contributed by atoms with Crippen molar-refractivity contribution in [2.45, 2.75) is 39.3 Å². The molecule has 1 aliphatic rings. The molecule has 7 heteroatoms. The molecule has 0 bridgehead atoms. The Labute approximate surface area is 145 Å². The molecular weight excluding hydrogens is 322 g/mol. The highest BCUT2D eigenvalue weighted by atomic mass is 16.6. The third kappa shape index (κ3) is 3.50. The maximum Gasteiger partial charge on any atom is 0.410 e. The molecule has 132 valence electrons. The molecule has 25 heavy (non-hydrogen) atoms. The fourth-order valence-corrected chi connectivity index (χ4v) is 2.86. The number of carbonyl (C=O) groups is 2. The molecule has 1 aliphatic heterocycles. The Balaban J connectivity index is 1.95. The monoisotopic (exact) mass is 343 g/mol. The number of hydrogen-bond donors (Lipinski definition) is 1. The molecule has 0 atom stereocenters. The minimum atomic E-state index is -1.10. The molecular formula is C18H21N3O4. The molecule has 0 saturated heterocycles. The number of aromatic carboxylic acids is 1. The van der Waals surface area contributed by atoms with E-state index in [1.54, 1.807) is 25.5 Å². The number of benzene rings is 1. The Morgan fingerprint density at radius 1 is 1.20 bits per heavy atom. The number of amides is 1. The molecule has 1 amide bonds.